The second-order valence-corrected chi connectivity index (χ2v) is 6.02. The topological polar surface area (TPSA) is 54.9 Å². The molecule has 3 rings (SSSR count). The van der Waals surface area contributed by atoms with E-state index in [0.29, 0.717) is 6.54 Å². The van der Waals surface area contributed by atoms with Crippen molar-refractivity contribution >= 4 is 11.6 Å². The summed E-state index contributed by atoms with van der Waals surface area (Å²) >= 11 is 0. The van der Waals surface area contributed by atoms with Crippen LogP contribution in [0, 0.1) is 0 Å². The van der Waals surface area contributed by atoms with Gasteiger partial charge in [0.1, 0.15) is 11.8 Å². The molecule has 4 nitrogen and oxygen atoms in total. The summed E-state index contributed by atoms with van der Waals surface area (Å²) in [6.07, 6.45) is 0. The lowest BCUT2D eigenvalue weighted by Gasteiger charge is -2.16. The van der Waals surface area contributed by atoms with E-state index < -0.39 is 0 Å². The van der Waals surface area contributed by atoms with E-state index in [1.54, 1.807) is 7.11 Å². The highest BCUT2D eigenvalue weighted by Gasteiger charge is 2.18. The number of ether oxygens (including phenoxy) is 1. The number of anilines is 1. The number of carbonyl (C=O) groups excluding carboxylic acids is 1. The largest absolute Gasteiger partial charge is 0.497 e. The normalized spacial score (nSPS) is 10.5. The van der Waals surface area contributed by atoms with Crippen molar-refractivity contribution in [1.29, 1.82) is 0 Å². The summed E-state index contributed by atoms with van der Waals surface area (Å²) in [7, 11) is 1.62. The molecule has 3 aromatic rings. The Kier molecular flexibility index (Phi) is 6.01. The van der Waals surface area contributed by atoms with Gasteiger partial charge in [-0.3, -0.25) is 4.79 Å². The Balaban J connectivity index is 1.66. The molecule has 0 aliphatic heterocycles. The van der Waals surface area contributed by atoms with Crippen LogP contribution in [0.5, 0.6) is 5.75 Å². The lowest BCUT2D eigenvalue weighted by atomic mass is 9.99. The van der Waals surface area contributed by atoms with Crippen LogP contribution in [0.2, 0.25) is 0 Å². The summed E-state index contributed by atoms with van der Waals surface area (Å²) < 4.78 is 5.13. The Morgan fingerprint density at radius 1 is 0.885 bits per heavy atom. The minimum atomic E-state index is -0.0352. The van der Waals surface area contributed by atoms with Crippen LogP contribution in [0.25, 0.3) is 0 Å². The maximum absolute atomic E-state index is 12.4. The monoisotopic (exact) mass is 347 g/mol. The fourth-order valence-electron chi connectivity index (χ4n) is 2.90. The smallest absolute Gasteiger partial charge is 0.279 e. The SMILES string of the molecule is COc1ccc(NC(=O)C[NH2+]C(c2ccccc2)c2ccccc2)cc1. The minimum absolute atomic E-state index is 0.0352. The van der Waals surface area contributed by atoms with Gasteiger partial charge in [-0.2, -0.15) is 0 Å². The van der Waals surface area contributed by atoms with Gasteiger partial charge in [-0.15, -0.1) is 0 Å². The van der Waals surface area contributed by atoms with Gasteiger partial charge in [-0.25, -0.2) is 0 Å². The van der Waals surface area contributed by atoms with Crippen LogP contribution in [0.4, 0.5) is 5.69 Å². The number of hydrogen-bond acceptors (Lipinski definition) is 2. The van der Waals surface area contributed by atoms with Gasteiger partial charge in [0.25, 0.3) is 5.91 Å². The van der Waals surface area contributed by atoms with E-state index in [1.807, 2.05) is 60.7 Å². The van der Waals surface area contributed by atoms with Gasteiger partial charge in [-0.1, -0.05) is 60.7 Å². The molecule has 0 aliphatic rings. The van der Waals surface area contributed by atoms with Crippen LogP contribution in [0.1, 0.15) is 17.2 Å². The molecule has 3 N–H and O–H groups in total. The van der Waals surface area contributed by atoms with E-state index in [1.165, 1.54) is 11.1 Å². The molecule has 0 saturated heterocycles. The molecule has 3 aromatic carbocycles. The standard InChI is InChI=1S/C22H22N2O2/c1-26-20-14-12-19(13-15-20)24-21(25)16-23-22(17-8-4-2-5-9-17)18-10-6-3-7-11-18/h2-15,22-23H,16H2,1H3,(H,24,25)/p+1. The van der Waals surface area contributed by atoms with E-state index in [9.17, 15) is 4.79 Å². The number of rotatable bonds is 7. The first kappa shape index (κ1) is 17.7. The molecule has 26 heavy (non-hydrogen) atoms. The fourth-order valence-corrected chi connectivity index (χ4v) is 2.90. The van der Waals surface area contributed by atoms with Gasteiger partial charge >= 0.3 is 0 Å². The molecule has 0 atom stereocenters. The molecule has 132 valence electrons. The number of benzene rings is 3. The highest BCUT2D eigenvalue weighted by molar-refractivity contribution is 5.91. The predicted octanol–water partition coefficient (Wildman–Crippen LogP) is 2.99. The van der Waals surface area contributed by atoms with E-state index in [4.69, 9.17) is 4.74 Å². The molecule has 0 spiro atoms. The second kappa shape index (κ2) is 8.83. The van der Waals surface area contributed by atoms with Crippen LogP contribution >= 0.6 is 0 Å². The number of amides is 1. The van der Waals surface area contributed by atoms with Crippen LogP contribution in [-0.2, 0) is 4.79 Å². The Labute approximate surface area is 153 Å². The Morgan fingerprint density at radius 3 is 1.92 bits per heavy atom. The zero-order chi connectivity index (χ0) is 18.2. The minimum Gasteiger partial charge on any atom is -0.497 e. The summed E-state index contributed by atoms with van der Waals surface area (Å²) in [5.41, 5.74) is 3.12. The molecule has 0 aliphatic carbocycles. The molecular weight excluding hydrogens is 324 g/mol. The maximum Gasteiger partial charge on any atom is 0.279 e. The molecule has 0 unspecified atom stereocenters. The average Bonchev–Trinajstić information content (AvgIpc) is 2.70. The highest BCUT2D eigenvalue weighted by Crippen LogP contribution is 2.18. The van der Waals surface area contributed by atoms with Crippen molar-refractivity contribution in [2.75, 3.05) is 19.0 Å². The van der Waals surface area contributed by atoms with Gasteiger partial charge in [0.15, 0.2) is 6.54 Å². The zero-order valence-electron chi connectivity index (χ0n) is 14.8. The molecule has 0 radical (unpaired) electrons. The number of nitrogens with one attached hydrogen (secondary N) is 1. The maximum atomic E-state index is 12.4. The number of nitrogens with two attached hydrogens (primary N) is 1. The number of hydrogen-bond donors (Lipinski definition) is 2. The van der Waals surface area contributed by atoms with E-state index >= 15 is 0 Å². The first-order chi connectivity index (χ1) is 12.8. The van der Waals surface area contributed by atoms with Crippen molar-refractivity contribution in [2.24, 2.45) is 0 Å². The molecule has 4 heteroatoms. The second-order valence-electron chi connectivity index (χ2n) is 6.02. The van der Waals surface area contributed by atoms with Gasteiger partial charge in [-0.05, 0) is 24.3 Å². The molecule has 1 amide bonds. The number of carbonyl (C=O) groups is 1. The van der Waals surface area contributed by atoms with Crippen LogP contribution in [-0.4, -0.2) is 19.6 Å². The van der Waals surface area contributed by atoms with Crippen LogP contribution < -0.4 is 15.4 Å². The van der Waals surface area contributed by atoms with E-state index in [2.05, 4.69) is 34.9 Å². The molecule has 0 aromatic heterocycles. The summed E-state index contributed by atoms with van der Waals surface area (Å²) in [5.74, 6) is 0.731. The first-order valence-electron chi connectivity index (χ1n) is 8.63. The molecule has 0 saturated carbocycles. The van der Waals surface area contributed by atoms with Crippen molar-refractivity contribution in [1.82, 2.24) is 0 Å². The number of quaternary nitrogens is 1. The van der Waals surface area contributed by atoms with Crippen molar-refractivity contribution in [3.8, 4) is 5.75 Å². The fraction of sp³-hybridized carbons (Fsp3) is 0.136. The Bertz CT molecular complexity index is 778. The van der Waals surface area contributed by atoms with Gasteiger partial charge in [0, 0.05) is 16.8 Å². The summed E-state index contributed by atoms with van der Waals surface area (Å²) in [6.45, 7) is 0.334. The third-order valence-electron chi connectivity index (χ3n) is 4.23. The quantitative estimate of drug-likeness (QED) is 0.690. The molecular formula is C22H23N2O2+. The Hall–Kier alpha value is -3.11. The van der Waals surface area contributed by atoms with Crippen molar-refractivity contribution < 1.29 is 14.8 Å². The summed E-state index contributed by atoms with van der Waals surface area (Å²) in [5, 5.41) is 4.98. The molecule has 0 fully saturated rings. The van der Waals surface area contributed by atoms with Gasteiger partial charge in [0.05, 0.1) is 7.11 Å². The van der Waals surface area contributed by atoms with Crippen LogP contribution in [0.3, 0.4) is 0 Å². The lowest BCUT2D eigenvalue weighted by Crippen LogP contribution is -2.87. The first-order valence-corrected chi connectivity index (χ1v) is 8.63. The van der Waals surface area contributed by atoms with Crippen molar-refractivity contribution in [3.05, 3.63) is 96.1 Å². The molecule has 0 bridgehead atoms. The number of methoxy groups -OCH3 is 1. The lowest BCUT2D eigenvalue weighted by molar-refractivity contribution is -0.676. The third-order valence-corrected chi connectivity index (χ3v) is 4.23. The molecule has 0 heterocycles. The van der Waals surface area contributed by atoms with Crippen LogP contribution in [0.15, 0.2) is 84.9 Å². The Morgan fingerprint density at radius 2 is 1.42 bits per heavy atom. The van der Waals surface area contributed by atoms with E-state index in [-0.39, 0.29) is 11.9 Å². The summed E-state index contributed by atoms with van der Waals surface area (Å²) in [6, 6.07) is 27.9. The van der Waals surface area contributed by atoms with Gasteiger partial charge < -0.3 is 15.4 Å². The van der Waals surface area contributed by atoms with Crippen molar-refractivity contribution in [2.45, 2.75) is 6.04 Å². The third kappa shape index (κ3) is 4.71. The van der Waals surface area contributed by atoms with E-state index in [0.717, 1.165) is 11.4 Å². The average molecular weight is 347 g/mol. The van der Waals surface area contributed by atoms with Gasteiger partial charge in [0.2, 0.25) is 0 Å². The summed E-state index contributed by atoms with van der Waals surface area (Å²) in [4.78, 5) is 12.4. The predicted molar refractivity (Wildman–Crippen MR) is 103 cm³/mol. The highest BCUT2D eigenvalue weighted by atomic mass is 16.5. The van der Waals surface area contributed by atoms with Crippen molar-refractivity contribution in [3.63, 3.8) is 0 Å². The zero-order valence-corrected chi connectivity index (χ0v) is 14.8.